The number of carbonyl (C=O) groups excluding carboxylic acids is 1. The minimum Gasteiger partial charge on any atom is -0.497 e. The number of nitrogens with one attached hydrogen (secondary N) is 2. The maximum Gasteiger partial charge on any atom is 0.325 e. The largest absolute Gasteiger partial charge is 0.497 e. The topological polar surface area (TPSA) is 76.1 Å². The number of ether oxygens (including phenoxy) is 1. The molecule has 0 spiro atoms. The number of nitrogens with zero attached hydrogens (tertiary/aromatic N) is 2. The molecule has 0 aliphatic heterocycles. The lowest BCUT2D eigenvalue weighted by Gasteiger charge is -2.05. The van der Waals surface area contributed by atoms with Crippen molar-refractivity contribution in [3.8, 4) is 16.3 Å². The number of urea groups is 1. The lowest BCUT2D eigenvalue weighted by molar-refractivity contribution is 0.262. The highest BCUT2D eigenvalue weighted by molar-refractivity contribution is 7.18. The Morgan fingerprint density at radius 1 is 1.00 bits per heavy atom. The smallest absolute Gasteiger partial charge is 0.325 e. The second-order valence-corrected chi connectivity index (χ2v) is 5.56. The predicted octanol–water partition coefficient (Wildman–Crippen LogP) is 3.86. The summed E-state index contributed by atoms with van der Waals surface area (Å²) in [5.74, 6) is 0.729. The average molecular weight is 326 g/mol. The first-order chi connectivity index (χ1) is 11.2. The molecule has 116 valence electrons. The Morgan fingerprint density at radius 2 is 1.74 bits per heavy atom. The van der Waals surface area contributed by atoms with Crippen LogP contribution in [0.2, 0.25) is 0 Å². The van der Waals surface area contributed by atoms with Crippen LogP contribution >= 0.6 is 11.3 Å². The van der Waals surface area contributed by atoms with Gasteiger partial charge in [0.2, 0.25) is 5.13 Å². The van der Waals surface area contributed by atoms with Crippen LogP contribution in [0, 0.1) is 0 Å². The third kappa shape index (κ3) is 3.83. The molecule has 0 saturated carbocycles. The molecule has 6 nitrogen and oxygen atoms in total. The lowest BCUT2D eigenvalue weighted by atomic mass is 10.2. The Hall–Kier alpha value is -2.93. The van der Waals surface area contributed by atoms with Crippen molar-refractivity contribution >= 4 is 28.2 Å². The van der Waals surface area contributed by atoms with E-state index in [-0.39, 0.29) is 6.03 Å². The zero-order valence-electron chi connectivity index (χ0n) is 12.3. The van der Waals surface area contributed by atoms with Crippen molar-refractivity contribution < 1.29 is 9.53 Å². The van der Waals surface area contributed by atoms with Gasteiger partial charge in [-0.2, -0.15) is 0 Å². The maximum atomic E-state index is 12.0. The van der Waals surface area contributed by atoms with Crippen molar-refractivity contribution in [1.29, 1.82) is 0 Å². The first-order valence-corrected chi connectivity index (χ1v) is 7.67. The molecule has 0 aliphatic rings. The minimum absolute atomic E-state index is 0.370. The van der Waals surface area contributed by atoms with Crippen LogP contribution in [0.3, 0.4) is 0 Å². The fourth-order valence-electron chi connectivity index (χ4n) is 1.90. The van der Waals surface area contributed by atoms with Crippen molar-refractivity contribution in [3.05, 3.63) is 54.6 Å². The molecular weight excluding hydrogens is 312 g/mol. The molecule has 2 aromatic carbocycles. The molecule has 3 rings (SSSR count). The Morgan fingerprint density at radius 3 is 2.43 bits per heavy atom. The van der Waals surface area contributed by atoms with Crippen molar-refractivity contribution in [2.75, 3.05) is 17.7 Å². The number of hydrogen-bond acceptors (Lipinski definition) is 5. The van der Waals surface area contributed by atoms with E-state index < -0.39 is 0 Å². The van der Waals surface area contributed by atoms with Gasteiger partial charge in [0.1, 0.15) is 10.8 Å². The average Bonchev–Trinajstić information content (AvgIpc) is 3.04. The second kappa shape index (κ2) is 6.89. The molecule has 0 bridgehead atoms. The number of benzene rings is 2. The van der Waals surface area contributed by atoms with Crippen molar-refractivity contribution in [2.45, 2.75) is 0 Å². The van der Waals surface area contributed by atoms with Crippen LogP contribution in [0.1, 0.15) is 0 Å². The summed E-state index contributed by atoms with van der Waals surface area (Å²) in [7, 11) is 1.59. The molecule has 1 heterocycles. The molecule has 0 unspecified atom stereocenters. The van der Waals surface area contributed by atoms with E-state index in [1.54, 1.807) is 31.4 Å². The van der Waals surface area contributed by atoms with E-state index in [1.807, 2.05) is 30.3 Å². The number of hydrogen-bond donors (Lipinski definition) is 2. The molecular formula is C16H14N4O2S. The summed E-state index contributed by atoms with van der Waals surface area (Å²) in [4.78, 5) is 12.0. The highest BCUT2D eigenvalue weighted by Crippen LogP contribution is 2.26. The quantitative estimate of drug-likeness (QED) is 0.763. The van der Waals surface area contributed by atoms with Crippen LogP contribution in [0.15, 0.2) is 54.6 Å². The van der Waals surface area contributed by atoms with Crippen LogP contribution in [0.25, 0.3) is 10.6 Å². The molecule has 0 aliphatic carbocycles. The number of rotatable bonds is 4. The van der Waals surface area contributed by atoms with E-state index in [0.29, 0.717) is 10.8 Å². The normalized spacial score (nSPS) is 10.1. The number of anilines is 2. The van der Waals surface area contributed by atoms with E-state index in [4.69, 9.17) is 4.74 Å². The molecule has 0 atom stereocenters. The fourth-order valence-corrected chi connectivity index (χ4v) is 2.65. The summed E-state index contributed by atoms with van der Waals surface area (Å²) in [6.07, 6.45) is 0. The standard InChI is InChI=1S/C16H14N4O2S/c1-22-13-9-7-12(8-10-13)17-15(21)18-16-20-19-14(23-16)11-5-3-2-4-6-11/h2-10H,1H3,(H2,17,18,20,21). The highest BCUT2D eigenvalue weighted by atomic mass is 32.1. The van der Waals surface area contributed by atoms with Crippen LogP contribution in [-0.4, -0.2) is 23.3 Å². The van der Waals surface area contributed by atoms with Gasteiger partial charge >= 0.3 is 6.03 Å². The number of carbonyl (C=O) groups is 1. The van der Waals surface area contributed by atoms with Gasteiger partial charge in [0, 0.05) is 11.3 Å². The van der Waals surface area contributed by atoms with Gasteiger partial charge in [0.25, 0.3) is 0 Å². The van der Waals surface area contributed by atoms with Gasteiger partial charge in [-0.1, -0.05) is 41.7 Å². The van der Waals surface area contributed by atoms with Crippen LogP contribution in [0.5, 0.6) is 5.75 Å². The van der Waals surface area contributed by atoms with Crippen molar-refractivity contribution in [2.24, 2.45) is 0 Å². The SMILES string of the molecule is COc1ccc(NC(=O)Nc2nnc(-c3ccccc3)s2)cc1. The van der Waals surface area contributed by atoms with E-state index in [1.165, 1.54) is 11.3 Å². The number of methoxy groups -OCH3 is 1. The molecule has 23 heavy (non-hydrogen) atoms. The molecule has 2 N–H and O–H groups in total. The molecule has 0 radical (unpaired) electrons. The van der Waals surface area contributed by atoms with Gasteiger partial charge in [-0.25, -0.2) is 4.79 Å². The third-order valence-electron chi connectivity index (χ3n) is 3.01. The Balaban J connectivity index is 1.63. The van der Waals surface area contributed by atoms with Gasteiger partial charge in [0.05, 0.1) is 7.11 Å². The molecule has 3 aromatic rings. The van der Waals surface area contributed by atoms with Crippen molar-refractivity contribution in [3.63, 3.8) is 0 Å². The summed E-state index contributed by atoms with van der Waals surface area (Å²) < 4.78 is 5.07. The fraction of sp³-hybridized carbons (Fsp3) is 0.0625. The molecule has 1 aromatic heterocycles. The van der Waals surface area contributed by atoms with E-state index >= 15 is 0 Å². The van der Waals surface area contributed by atoms with E-state index in [0.717, 1.165) is 16.3 Å². The summed E-state index contributed by atoms with van der Waals surface area (Å²) in [5, 5.41) is 14.6. The first-order valence-electron chi connectivity index (χ1n) is 6.85. The molecule has 7 heteroatoms. The summed E-state index contributed by atoms with van der Waals surface area (Å²) in [6, 6.07) is 16.4. The molecule has 0 fully saturated rings. The monoisotopic (exact) mass is 326 g/mol. The van der Waals surface area contributed by atoms with Gasteiger partial charge < -0.3 is 10.1 Å². The summed E-state index contributed by atoms with van der Waals surface area (Å²) >= 11 is 1.32. The third-order valence-corrected chi connectivity index (χ3v) is 3.90. The molecule has 0 saturated heterocycles. The lowest BCUT2D eigenvalue weighted by Crippen LogP contribution is -2.19. The first kappa shape index (κ1) is 15.0. The Kier molecular flexibility index (Phi) is 4.49. The highest BCUT2D eigenvalue weighted by Gasteiger charge is 2.09. The Labute approximate surface area is 137 Å². The predicted molar refractivity (Wildman–Crippen MR) is 91.0 cm³/mol. The van der Waals surface area contributed by atoms with Gasteiger partial charge in [0.15, 0.2) is 0 Å². The maximum absolute atomic E-state index is 12.0. The molecule has 2 amide bonds. The minimum atomic E-state index is -0.370. The van der Waals surface area contributed by atoms with Gasteiger partial charge in [-0.3, -0.25) is 5.32 Å². The van der Waals surface area contributed by atoms with Crippen LogP contribution in [-0.2, 0) is 0 Å². The van der Waals surface area contributed by atoms with Gasteiger partial charge in [-0.05, 0) is 24.3 Å². The van der Waals surface area contributed by atoms with Crippen LogP contribution in [0.4, 0.5) is 15.6 Å². The summed E-state index contributed by atoms with van der Waals surface area (Å²) in [6.45, 7) is 0. The number of aromatic nitrogens is 2. The summed E-state index contributed by atoms with van der Waals surface area (Å²) in [5.41, 5.74) is 1.63. The van der Waals surface area contributed by atoms with Crippen molar-refractivity contribution in [1.82, 2.24) is 10.2 Å². The van der Waals surface area contributed by atoms with E-state index in [9.17, 15) is 4.79 Å². The van der Waals surface area contributed by atoms with Crippen LogP contribution < -0.4 is 15.4 Å². The number of amides is 2. The van der Waals surface area contributed by atoms with Gasteiger partial charge in [-0.15, -0.1) is 10.2 Å². The Bertz CT molecular complexity index is 787. The second-order valence-electron chi connectivity index (χ2n) is 4.59. The zero-order valence-corrected chi connectivity index (χ0v) is 13.1. The zero-order chi connectivity index (χ0) is 16.1. The van der Waals surface area contributed by atoms with E-state index in [2.05, 4.69) is 20.8 Å².